The Morgan fingerprint density at radius 1 is 1.45 bits per heavy atom. The second kappa shape index (κ2) is 6.65. The van der Waals surface area contributed by atoms with E-state index in [4.69, 9.17) is 0 Å². The van der Waals surface area contributed by atoms with E-state index < -0.39 is 0 Å². The van der Waals surface area contributed by atoms with E-state index in [0.29, 0.717) is 23.3 Å². The Bertz CT molecular complexity index is 682. The van der Waals surface area contributed by atoms with Crippen LogP contribution in [0.1, 0.15) is 25.6 Å². The maximum atomic E-state index is 11.9. The largest absolute Gasteiger partial charge is 0.356 e. The van der Waals surface area contributed by atoms with E-state index >= 15 is 0 Å². The van der Waals surface area contributed by atoms with Crippen LogP contribution in [0, 0.1) is 0 Å². The van der Waals surface area contributed by atoms with Gasteiger partial charge in [-0.05, 0) is 24.6 Å². The fourth-order valence-electron chi connectivity index (χ4n) is 1.86. The van der Waals surface area contributed by atoms with Crippen molar-refractivity contribution in [3.05, 3.63) is 38.9 Å². The number of fused-ring (bicyclic) bond motifs is 1. The van der Waals surface area contributed by atoms with Gasteiger partial charge in [0.2, 0.25) is 5.91 Å². The van der Waals surface area contributed by atoms with E-state index in [9.17, 15) is 9.59 Å². The van der Waals surface area contributed by atoms with Gasteiger partial charge in [-0.3, -0.25) is 9.59 Å². The van der Waals surface area contributed by atoms with Gasteiger partial charge in [0.15, 0.2) is 0 Å². The van der Waals surface area contributed by atoms with Crippen molar-refractivity contribution in [1.82, 2.24) is 15.3 Å². The van der Waals surface area contributed by atoms with Crippen molar-refractivity contribution in [2.75, 3.05) is 6.54 Å². The highest BCUT2D eigenvalue weighted by atomic mass is 79.9. The standard InChI is InChI=1S/C14H16BrN3O2/c1-2-3-6-16-13(19)8-12-17-11-7-9(15)4-5-10(11)14(20)18-12/h4-5,7H,2-3,6,8H2,1H3,(H,16,19)(H,17,18,20). The van der Waals surface area contributed by atoms with E-state index in [-0.39, 0.29) is 17.9 Å². The number of nitrogens with zero attached hydrogens (tertiary/aromatic N) is 1. The van der Waals surface area contributed by atoms with Crippen molar-refractivity contribution in [2.45, 2.75) is 26.2 Å². The van der Waals surface area contributed by atoms with E-state index in [1.165, 1.54) is 0 Å². The first-order chi connectivity index (χ1) is 9.60. The third-order valence-corrected chi connectivity index (χ3v) is 3.39. The number of nitrogens with one attached hydrogen (secondary N) is 2. The first-order valence-electron chi connectivity index (χ1n) is 6.55. The average molecular weight is 338 g/mol. The molecule has 2 aromatic rings. The number of hydrogen-bond acceptors (Lipinski definition) is 3. The zero-order valence-electron chi connectivity index (χ0n) is 11.2. The molecule has 0 radical (unpaired) electrons. The summed E-state index contributed by atoms with van der Waals surface area (Å²) in [5.74, 6) is 0.255. The molecule has 106 valence electrons. The number of aromatic nitrogens is 2. The number of H-pyrrole nitrogens is 1. The SMILES string of the molecule is CCCCNC(=O)Cc1nc2cc(Br)ccc2c(=O)[nH]1. The molecule has 0 unspecified atom stereocenters. The average Bonchev–Trinajstić information content (AvgIpc) is 2.38. The van der Waals surface area contributed by atoms with Crippen LogP contribution in [0.25, 0.3) is 10.9 Å². The van der Waals surface area contributed by atoms with Crippen LogP contribution in [0.2, 0.25) is 0 Å². The topological polar surface area (TPSA) is 74.8 Å². The fraction of sp³-hybridized carbons (Fsp3) is 0.357. The zero-order chi connectivity index (χ0) is 14.5. The molecule has 0 atom stereocenters. The van der Waals surface area contributed by atoms with Crippen molar-refractivity contribution in [3.63, 3.8) is 0 Å². The molecule has 20 heavy (non-hydrogen) atoms. The quantitative estimate of drug-likeness (QED) is 0.821. The van der Waals surface area contributed by atoms with Gasteiger partial charge in [-0.15, -0.1) is 0 Å². The number of carbonyl (C=O) groups is 1. The molecule has 1 heterocycles. The lowest BCUT2D eigenvalue weighted by molar-refractivity contribution is -0.120. The summed E-state index contributed by atoms with van der Waals surface area (Å²) in [6, 6.07) is 5.26. The maximum Gasteiger partial charge on any atom is 0.258 e. The van der Waals surface area contributed by atoms with Crippen molar-refractivity contribution < 1.29 is 4.79 Å². The lowest BCUT2D eigenvalue weighted by Crippen LogP contribution is -2.27. The summed E-state index contributed by atoms with van der Waals surface area (Å²) in [6.07, 6.45) is 2.06. The molecule has 1 aromatic heterocycles. The van der Waals surface area contributed by atoms with Crippen LogP contribution in [-0.4, -0.2) is 22.4 Å². The summed E-state index contributed by atoms with van der Waals surface area (Å²) in [7, 11) is 0. The lowest BCUT2D eigenvalue weighted by atomic mass is 10.2. The molecule has 0 fully saturated rings. The lowest BCUT2D eigenvalue weighted by Gasteiger charge is -2.05. The zero-order valence-corrected chi connectivity index (χ0v) is 12.8. The molecule has 0 saturated heterocycles. The number of aromatic amines is 1. The van der Waals surface area contributed by atoms with Crippen LogP contribution in [0.5, 0.6) is 0 Å². The monoisotopic (exact) mass is 337 g/mol. The van der Waals surface area contributed by atoms with E-state index in [0.717, 1.165) is 17.3 Å². The molecule has 0 aliphatic carbocycles. The molecular formula is C14H16BrN3O2. The second-order valence-corrected chi connectivity index (χ2v) is 5.47. The van der Waals surface area contributed by atoms with Crippen LogP contribution >= 0.6 is 15.9 Å². The first-order valence-corrected chi connectivity index (χ1v) is 7.34. The number of unbranched alkanes of at least 4 members (excludes halogenated alkanes) is 1. The van der Waals surface area contributed by atoms with Crippen LogP contribution < -0.4 is 10.9 Å². The van der Waals surface area contributed by atoms with Gasteiger partial charge >= 0.3 is 0 Å². The predicted molar refractivity (Wildman–Crippen MR) is 81.7 cm³/mol. The molecule has 0 aliphatic heterocycles. The molecule has 0 saturated carbocycles. The van der Waals surface area contributed by atoms with Crippen LogP contribution in [0.15, 0.2) is 27.5 Å². The van der Waals surface area contributed by atoms with Gasteiger partial charge in [-0.25, -0.2) is 4.98 Å². The highest BCUT2D eigenvalue weighted by molar-refractivity contribution is 9.10. The van der Waals surface area contributed by atoms with Crippen molar-refractivity contribution in [2.24, 2.45) is 0 Å². The minimum atomic E-state index is -0.223. The van der Waals surface area contributed by atoms with Crippen LogP contribution in [-0.2, 0) is 11.2 Å². The normalized spacial score (nSPS) is 10.7. The van der Waals surface area contributed by atoms with Gasteiger partial charge in [0.05, 0.1) is 17.3 Å². The summed E-state index contributed by atoms with van der Waals surface area (Å²) < 4.78 is 0.849. The van der Waals surface area contributed by atoms with Crippen molar-refractivity contribution in [3.8, 4) is 0 Å². The van der Waals surface area contributed by atoms with Gasteiger partial charge in [0.25, 0.3) is 5.56 Å². The van der Waals surface area contributed by atoms with Crippen molar-refractivity contribution in [1.29, 1.82) is 0 Å². The summed E-state index contributed by atoms with van der Waals surface area (Å²) in [5.41, 5.74) is 0.360. The van der Waals surface area contributed by atoms with Crippen molar-refractivity contribution >= 4 is 32.7 Å². The summed E-state index contributed by atoms with van der Waals surface area (Å²) in [6.45, 7) is 2.71. The molecule has 0 aliphatic rings. The molecule has 5 nitrogen and oxygen atoms in total. The predicted octanol–water partition coefficient (Wildman–Crippen LogP) is 2.14. The van der Waals surface area contributed by atoms with Gasteiger partial charge < -0.3 is 10.3 Å². The van der Waals surface area contributed by atoms with Crippen LogP contribution in [0.4, 0.5) is 0 Å². The molecule has 1 amide bonds. The molecular weight excluding hydrogens is 322 g/mol. The number of rotatable bonds is 5. The molecule has 2 rings (SSSR count). The third-order valence-electron chi connectivity index (χ3n) is 2.90. The molecule has 0 bridgehead atoms. The Labute approximate surface area is 124 Å². The Morgan fingerprint density at radius 2 is 2.25 bits per heavy atom. The highest BCUT2D eigenvalue weighted by Crippen LogP contribution is 2.15. The van der Waals surface area contributed by atoms with Gasteiger partial charge in [0, 0.05) is 11.0 Å². The first kappa shape index (κ1) is 14.7. The second-order valence-electron chi connectivity index (χ2n) is 4.55. The highest BCUT2D eigenvalue weighted by Gasteiger charge is 2.08. The summed E-state index contributed by atoms with van der Waals surface area (Å²) in [5, 5.41) is 3.32. The molecule has 6 heteroatoms. The summed E-state index contributed by atoms with van der Waals surface area (Å²) >= 11 is 3.34. The third kappa shape index (κ3) is 3.66. The Kier molecular flexibility index (Phi) is 4.89. The van der Waals surface area contributed by atoms with E-state index in [1.54, 1.807) is 18.2 Å². The summed E-state index contributed by atoms with van der Waals surface area (Å²) in [4.78, 5) is 30.6. The Balaban J connectivity index is 2.18. The number of carbonyl (C=O) groups excluding carboxylic acids is 1. The number of hydrogen-bond donors (Lipinski definition) is 2. The number of amides is 1. The smallest absolute Gasteiger partial charge is 0.258 e. The molecule has 1 aromatic carbocycles. The van der Waals surface area contributed by atoms with Gasteiger partial charge in [0.1, 0.15) is 5.82 Å². The van der Waals surface area contributed by atoms with Gasteiger partial charge in [-0.1, -0.05) is 29.3 Å². The Morgan fingerprint density at radius 3 is 3.00 bits per heavy atom. The van der Waals surface area contributed by atoms with E-state index in [2.05, 4.69) is 38.1 Å². The fourth-order valence-corrected chi connectivity index (χ4v) is 2.21. The minimum absolute atomic E-state index is 0.0847. The van der Waals surface area contributed by atoms with Crippen LogP contribution in [0.3, 0.4) is 0 Å². The molecule has 0 spiro atoms. The number of benzene rings is 1. The Hall–Kier alpha value is -1.69. The number of halogens is 1. The van der Waals surface area contributed by atoms with E-state index in [1.807, 2.05) is 0 Å². The molecule has 2 N–H and O–H groups in total. The minimum Gasteiger partial charge on any atom is -0.356 e. The van der Waals surface area contributed by atoms with Gasteiger partial charge in [-0.2, -0.15) is 0 Å². The maximum absolute atomic E-state index is 11.9.